The van der Waals surface area contributed by atoms with E-state index in [1.807, 2.05) is 6.92 Å². The normalized spacial score (nSPS) is 17.1. The van der Waals surface area contributed by atoms with E-state index >= 15 is 0 Å². The highest BCUT2D eigenvalue weighted by atomic mass is 16.2. The summed E-state index contributed by atoms with van der Waals surface area (Å²) in [4.78, 5) is 37.5. The molecule has 1 heterocycles. The number of ketones is 1. The first kappa shape index (κ1) is 18.1. The molecule has 1 aliphatic rings. The first-order valence-electron chi connectivity index (χ1n) is 8.08. The maximum Gasteiger partial charge on any atom is 0.245 e. The standard InChI is InChI=1S/C16H25N3O3/c1-2-3-9-18-16(22)13(11-17)14(20)12-19-10-7-5-4-6-8-15(19)21/h13H,2-10,12H2,1H3,(H,18,22)/t13-/m0/s1. The molecule has 0 bridgehead atoms. The summed E-state index contributed by atoms with van der Waals surface area (Å²) in [5.41, 5.74) is 0. The number of nitriles is 1. The van der Waals surface area contributed by atoms with Gasteiger partial charge in [0, 0.05) is 19.5 Å². The van der Waals surface area contributed by atoms with Crippen molar-refractivity contribution in [2.75, 3.05) is 19.6 Å². The number of carbonyl (C=O) groups excluding carboxylic acids is 3. The van der Waals surface area contributed by atoms with Gasteiger partial charge in [0.25, 0.3) is 0 Å². The van der Waals surface area contributed by atoms with Crippen molar-refractivity contribution in [3.8, 4) is 6.07 Å². The number of hydrogen-bond acceptors (Lipinski definition) is 4. The Bertz CT molecular complexity index is 442. The number of carbonyl (C=O) groups is 3. The van der Waals surface area contributed by atoms with Gasteiger partial charge in [-0.05, 0) is 19.3 Å². The van der Waals surface area contributed by atoms with Crippen LogP contribution in [0, 0.1) is 17.2 Å². The molecule has 1 fully saturated rings. The molecule has 1 aliphatic heterocycles. The molecule has 0 saturated carbocycles. The Morgan fingerprint density at radius 2 is 2.05 bits per heavy atom. The molecular weight excluding hydrogens is 282 g/mol. The van der Waals surface area contributed by atoms with Gasteiger partial charge in [-0.1, -0.05) is 26.2 Å². The molecule has 22 heavy (non-hydrogen) atoms. The van der Waals surface area contributed by atoms with E-state index in [9.17, 15) is 14.4 Å². The highest BCUT2D eigenvalue weighted by Gasteiger charge is 2.29. The van der Waals surface area contributed by atoms with Crippen molar-refractivity contribution in [1.29, 1.82) is 5.26 Å². The summed E-state index contributed by atoms with van der Waals surface area (Å²) in [5.74, 6) is -2.43. The van der Waals surface area contributed by atoms with Gasteiger partial charge in [0.05, 0.1) is 12.6 Å². The van der Waals surface area contributed by atoms with Crippen LogP contribution in [0.3, 0.4) is 0 Å². The van der Waals surface area contributed by atoms with Gasteiger partial charge >= 0.3 is 0 Å². The van der Waals surface area contributed by atoms with Crippen LogP contribution in [0.5, 0.6) is 0 Å². The molecule has 1 N–H and O–H groups in total. The fourth-order valence-corrected chi connectivity index (χ4v) is 2.43. The Labute approximate surface area is 131 Å². The molecule has 0 spiro atoms. The summed E-state index contributed by atoms with van der Waals surface area (Å²) in [6, 6.07) is 1.76. The predicted molar refractivity (Wildman–Crippen MR) is 81.7 cm³/mol. The summed E-state index contributed by atoms with van der Waals surface area (Å²) in [7, 11) is 0. The Kier molecular flexibility index (Phi) is 8.19. The zero-order valence-electron chi connectivity index (χ0n) is 13.3. The first-order chi connectivity index (χ1) is 10.6. The third kappa shape index (κ3) is 5.84. The van der Waals surface area contributed by atoms with Gasteiger partial charge in [-0.15, -0.1) is 0 Å². The smallest absolute Gasteiger partial charge is 0.245 e. The Morgan fingerprint density at radius 3 is 2.73 bits per heavy atom. The lowest BCUT2D eigenvalue weighted by Crippen LogP contribution is -2.43. The van der Waals surface area contributed by atoms with Crippen LogP contribution in [0.15, 0.2) is 0 Å². The van der Waals surface area contributed by atoms with Crippen LogP contribution in [0.4, 0.5) is 0 Å². The second-order valence-electron chi connectivity index (χ2n) is 5.65. The average Bonchev–Trinajstić information content (AvgIpc) is 2.48. The van der Waals surface area contributed by atoms with Crippen molar-refractivity contribution in [2.45, 2.75) is 51.9 Å². The summed E-state index contributed by atoms with van der Waals surface area (Å²) in [6.07, 6.45) is 5.94. The maximum absolute atomic E-state index is 12.2. The maximum atomic E-state index is 12.2. The fraction of sp³-hybridized carbons (Fsp3) is 0.750. The zero-order valence-corrected chi connectivity index (χ0v) is 13.3. The van der Waals surface area contributed by atoms with E-state index in [1.165, 1.54) is 4.90 Å². The van der Waals surface area contributed by atoms with Crippen LogP contribution < -0.4 is 5.32 Å². The molecule has 0 aromatic carbocycles. The molecule has 0 aliphatic carbocycles. The minimum atomic E-state index is -1.32. The lowest BCUT2D eigenvalue weighted by atomic mass is 10.0. The van der Waals surface area contributed by atoms with Crippen LogP contribution in [0.2, 0.25) is 0 Å². The Hall–Kier alpha value is -1.90. The van der Waals surface area contributed by atoms with Crippen LogP contribution >= 0.6 is 0 Å². The second kappa shape index (κ2) is 9.93. The third-order valence-electron chi connectivity index (χ3n) is 3.81. The van der Waals surface area contributed by atoms with E-state index in [1.54, 1.807) is 6.07 Å². The number of rotatable bonds is 7. The molecule has 0 radical (unpaired) electrons. The van der Waals surface area contributed by atoms with Crippen LogP contribution in [0.25, 0.3) is 0 Å². The lowest BCUT2D eigenvalue weighted by Gasteiger charge is -2.24. The van der Waals surface area contributed by atoms with E-state index in [2.05, 4.69) is 5.32 Å². The number of amides is 2. The quantitative estimate of drug-likeness (QED) is 0.568. The minimum absolute atomic E-state index is 0.0591. The molecule has 6 nitrogen and oxygen atoms in total. The lowest BCUT2D eigenvalue weighted by molar-refractivity contribution is -0.139. The first-order valence-corrected chi connectivity index (χ1v) is 8.08. The van der Waals surface area contributed by atoms with Gasteiger partial charge in [0.2, 0.25) is 11.8 Å². The largest absolute Gasteiger partial charge is 0.355 e. The monoisotopic (exact) mass is 307 g/mol. The van der Waals surface area contributed by atoms with Gasteiger partial charge < -0.3 is 10.2 Å². The molecule has 0 aromatic rings. The number of hydrogen-bond donors (Lipinski definition) is 1. The van der Waals surface area contributed by atoms with Crippen LogP contribution in [0.1, 0.15) is 51.9 Å². The van der Waals surface area contributed by atoms with E-state index in [0.29, 0.717) is 19.5 Å². The number of nitrogens with zero attached hydrogens (tertiary/aromatic N) is 2. The topological polar surface area (TPSA) is 90.3 Å². The predicted octanol–water partition coefficient (Wildman–Crippen LogP) is 1.40. The van der Waals surface area contributed by atoms with E-state index in [0.717, 1.165) is 38.5 Å². The fourth-order valence-electron chi connectivity index (χ4n) is 2.43. The molecule has 1 saturated heterocycles. The summed E-state index contributed by atoms with van der Waals surface area (Å²) in [5, 5.41) is 11.7. The van der Waals surface area contributed by atoms with E-state index in [-0.39, 0.29) is 12.5 Å². The van der Waals surface area contributed by atoms with Gasteiger partial charge in [-0.25, -0.2) is 0 Å². The van der Waals surface area contributed by atoms with E-state index < -0.39 is 17.6 Å². The molecular formula is C16H25N3O3. The summed E-state index contributed by atoms with van der Waals surface area (Å²) in [6.45, 7) is 2.84. The van der Waals surface area contributed by atoms with Crippen molar-refractivity contribution in [2.24, 2.45) is 5.92 Å². The van der Waals surface area contributed by atoms with Crippen LogP contribution in [-0.4, -0.2) is 42.1 Å². The number of unbranched alkanes of at least 4 members (excludes halogenated alkanes) is 1. The van der Waals surface area contributed by atoms with Gasteiger partial charge in [0.15, 0.2) is 11.7 Å². The average molecular weight is 307 g/mol. The minimum Gasteiger partial charge on any atom is -0.355 e. The van der Waals surface area contributed by atoms with Gasteiger partial charge in [-0.2, -0.15) is 5.26 Å². The molecule has 2 amide bonds. The SMILES string of the molecule is CCCCNC(=O)[C@@H](C#N)C(=O)CN1CCCCCCC1=O. The van der Waals surface area contributed by atoms with Gasteiger partial charge in [0.1, 0.15) is 0 Å². The molecule has 1 atom stereocenters. The van der Waals surface area contributed by atoms with Crippen molar-refractivity contribution in [3.63, 3.8) is 0 Å². The Balaban J connectivity index is 2.57. The van der Waals surface area contributed by atoms with Crippen molar-refractivity contribution in [3.05, 3.63) is 0 Å². The summed E-state index contributed by atoms with van der Waals surface area (Å²) < 4.78 is 0. The molecule has 6 heteroatoms. The number of nitrogens with one attached hydrogen (secondary N) is 1. The van der Waals surface area contributed by atoms with Crippen LogP contribution in [-0.2, 0) is 14.4 Å². The Morgan fingerprint density at radius 1 is 1.32 bits per heavy atom. The molecule has 0 aromatic heterocycles. The molecule has 1 rings (SSSR count). The highest BCUT2D eigenvalue weighted by molar-refractivity contribution is 6.05. The van der Waals surface area contributed by atoms with Crippen molar-refractivity contribution in [1.82, 2.24) is 10.2 Å². The van der Waals surface area contributed by atoms with E-state index in [4.69, 9.17) is 5.26 Å². The third-order valence-corrected chi connectivity index (χ3v) is 3.81. The van der Waals surface area contributed by atoms with Crippen molar-refractivity contribution >= 4 is 17.6 Å². The van der Waals surface area contributed by atoms with Gasteiger partial charge in [-0.3, -0.25) is 14.4 Å². The molecule has 122 valence electrons. The second-order valence-corrected chi connectivity index (χ2v) is 5.65. The molecule has 0 unspecified atom stereocenters. The van der Waals surface area contributed by atoms with Crippen molar-refractivity contribution < 1.29 is 14.4 Å². The number of Topliss-reactive ketones (excluding diaryl/α,β-unsaturated/α-hetero) is 1. The zero-order chi connectivity index (χ0) is 16.4. The number of likely N-dealkylation sites (tertiary alicyclic amines) is 1. The highest BCUT2D eigenvalue weighted by Crippen LogP contribution is 2.12. The summed E-state index contributed by atoms with van der Waals surface area (Å²) >= 11 is 0.